The van der Waals surface area contributed by atoms with E-state index < -0.39 is 6.10 Å². The van der Waals surface area contributed by atoms with Crippen molar-refractivity contribution in [2.45, 2.75) is 20.0 Å². The lowest BCUT2D eigenvalue weighted by atomic mass is 10.2. The molecule has 1 N–H and O–H groups in total. The summed E-state index contributed by atoms with van der Waals surface area (Å²) in [6.07, 6.45) is 2.12. The number of hydrogen-bond donors (Lipinski definition) is 1. The van der Waals surface area contributed by atoms with E-state index >= 15 is 0 Å². The molecular weight excluding hydrogens is 268 g/mol. The first-order valence-electron chi connectivity index (χ1n) is 5.64. The second-order valence-electron chi connectivity index (χ2n) is 4.02. The topological polar surface area (TPSA) is 69.0 Å². The van der Waals surface area contributed by atoms with Gasteiger partial charge in [0.1, 0.15) is 18.4 Å². The molecule has 1 aromatic heterocycles. The van der Waals surface area contributed by atoms with E-state index in [2.05, 4.69) is 15.6 Å². The van der Waals surface area contributed by atoms with Gasteiger partial charge in [-0.05, 0) is 37.6 Å². The van der Waals surface area contributed by atoms with Crippen molar-refractivity contribution in [3.8, 4) is 5.75 Å². The molecule has 7 heteroatoms. The van der Waals surface area contributed by atoms with Crippen molar-refractivity contribution < 1.29 is 9.53 Å². The van der Waals surface area contributed by atoms with Gasteiger partial charge in [0.05, 0.1) is 0 Å². The molecular formula is C12H13ClN4O2. The zero-order valence-electron chi connectivity index (χ0n) is 10.5. The number of aryl methyl sites for hydroxylation is 1. The van der Waals surface area contributed by atoms with Crippen molar-refractivity contribution >= 4 is 17.5 Å². The molecule has 0 aliphatic carbocycles. The van der Waals surface area contributed by atoms with E-state index in [0.29, 0.717) is 10.8 Å². The van der Waals surface area contributed by atoms with Crippen LogP contribution in [-0.4, -0.2) is 26.9 Å². The first-order valence-corrected chi connectivity index (χ1v) is 6.02. The molecule has 0 saturated carbocycles. The maximum absolute atomic E-state index is 11.9. The Hall–Kier alpha value is -2.08. The number of carbonyl (C=O) groups excluding carboxylic acids is 1. The molecule has 2 aromatic rings. The van der Waals surface area contributed by atoms with E-state index in [1.807, 2.05) is 6.92 Å². The highest BCUT2D eigenvalue weighted by atomic mass is 35.5. The fraction of sp³-hybridized carbons (Fsp3) is 0.250. The summed E-state index contributed by atoms with van der Waals surface area (Å²) in [5.74, 6) is 0.324. The third-order valence-electron chi connectivity index (χ3n) is 2.47. The van der Waals surface area contributed by atoms with Gasteiger partial charge in [0, 0.05) is 5.02 Å². The average Bonchev–Trinajstić information content (AvgIpc) is 2.85. The van der Waals surface area contributed by atoms with Gasteiger partial charge in [-0.3, -0.25) is 10.2 Å². The number of carbonyl (C=O) groups is 1. The number of ether oxygens (including phenoxy) is 1. The summed E-state index contributed by atoms with van der Waals surface area (Å²) in [6, 6.07) is 5.23. The van der Waals surface area contributed by atoms with E-state index in [1.54, 1.807) is 25.1 Å². The van der Waals surface area contributed by atoms with Gasteiger partial charge in [-0.2, -0.15) is 0 Å². The second-order valence-corrected chi connectivity index (χ2v) is 4.45. The van der Waals surface area contributed by atoms with Gasteiger partial charge in [-0.25, -0.2) is 4.68 Å². The minimum absolute atomic E-state index is 0.297. The Labute approximate surface area is 115 Å². The molecule has 0 bridgehead atoms. The summed E-state index contributed by atoms with van der Waals surface area (Å²) >= 11 is 5.86. The Morgan fingerprint density at radius 2 is 2.11 bits per heavy atom. The Balaban J connectivity index is 2.00. The summed E-state index contributed by atoms with van der Waals surface area (Å²) in [5.41, 5.74) is 3.45. The Bertz CT molecular complexity index is 571. The molecule has 1 atom stereocenters. The summed E-state index contributed by atoms with van der Waals surface area (Å²) in [4.78, 5) is 11.9. The van der Waals surface area contributed by atoms with Gasteiger partial charge in [0.15, 0.2) is 6.10 Å². The minimum Gasteiger partial charge on any atom is -0.481 e. The van der Waals surface area contributed by atoms with E-state index in [1.165, 1.54) is 17.3 Å². The lowest BCUT2D eigenvalue weighted by molar-refractivity contribution is -0.123. The molecule has 0 radical (unpaired) electrons. The zero-order valence-corrected chi connectivity index (χ0v) is 11.3. The normalized spacial score (nSPS) is 11.9. The number of nitrogens with zero attached hydrogens (tertiary/aromatic N) is 3. The average molecular weight is 281 g/mol. The standard InChI is InChI=1S/C12H13ClN4O2/c1-8-5-10(13)3-4-11(8)19-9(2)12(18)16-17-6-14-15-7-17/h3-7,9H,1-2H3,(H,16,18). The van der Waals surface area contributed by atoms with Crippen LogP contribution in [0, 0.1) is 6.92 Å². The second kappa shape index (κ2) is 5.71. The predicted molar refractivity (Wildman–Crippen MR) is 70.7 cm³/mol. The Morgan fingerprint density at radius 3 is 2.74 bits per heavy atom. The first kappa shape index (κ1) is 13.4. The van der Waals surface area contributed by atoms with Crippen LogP contribution in [-0.2, 0) is 4.79 Å². The summed E-state index contributed by atoms with van der Waals surface area (Å²) in [6.45, 7) is 3.53. The summed E-state index contributed by atoms with van der Waals surface area (Å²) in [5, 5.41) is 7.80. The summed E-state index contributed by atoms with van der Waals surface area (Å²) < 4.78 is 6.94. The maximum atomic E-state index is 11.9. The van der Waals surface area contributed by atoms with E-state index in [4.69, 9.17) is 16.3 Å². The number of benzene rings is 1. The Morgan fingerprint density at radius 1 is 1.42 bits per heavy atom. The van der Waals surface area contributed by atoms with E-state index in [0.717, 1.165) is 5.56 Å². The molecule has 19 heavy (non-hydrogen) atoms. The smallest absolute Gasteiger partial charge is 0.279 e. The van der Waals surface area contributed by atoms with Crippen LogP contribution in [0.4, 0.5) is 0 Å². The molecule has 0 fully saturated rings. The van der Waals surface area contributed by atoms with Crippen molar-refractivity contribution in [1.82, 2.24) is 14.9 Å². The van der Waals surface area contributed by atoms with Crippen LogP contribution in [0.15, 0.2) is 30.9 Å². The highest BCUT2D eigenvalue weighted by Crippen LogP contribution is 2.22. The molecule has 0 spiro atoms. The van der Waals surface area contributed by atoms with Crippen molar-refractivity contribution in [2.24, 2.45) is 0 Å². The minimum atomic E-state index is -0.651. The molecule has 0 aliphatic heterocycles. The van der Waals surface area contributed by atoms with Crippen LogP contribution < -0.4 is 10.2 Å². The largest absolute Gasteiger partial charge is 0.481 e. The van der Waals surface area contributed by atoms with Crippen LogP contribution in [0.5, 0.6) is 5.75 Å². The van der Waals surface area contributed by atoms with Gasteiger partial charge < -0.3 is 4.74 Å². The zero-order chi connectivity index (χ0) is 13.8. The molecule has 6 nitrogen and oxygen atoms in total. The first-order chi connectivity index (χ1) is 9.06. The molecule has 100 valence electrons. The third-order valence-corrected chi connectivity index (χ3v) is 2.70. The molecule has 1 unspecified atom stereocenters. The Kier molecular flexibility index (Phi) is 4.01. The highest BCUT2D eigenvalue weighted by Gasteiger charge is 2.16. The molecule has 0 saturated heterocycles. The molecule has 2 rings (SSSR count). The van der Waals surface area contributed by atoms with Crippen LogP contribution in [0.1, 0.15) is 12.5 Å². The molecule has 1 amide bonds. The fourth-order valence-corrected chi connectivity index (χ4v) is 1.69. The predicted octanol–water partition coefficient (Wildman–Crippen LogP) is 1.78. The van der Waals surface area contributed by atoms with Gasteiger partial charge in [-0.15, -0.1) is 10.2 Å². The molecule has 1 aromatic carbocycles. The van der Waals surface area contributed by atoms with Crippen molar-refractivity contribution in [1.29, 1.82) is 0 Å². The third kappa shape index (κ3) is 3.45. The van der Waals surface area contributed by atoms with E-state index in [-0.39, 0.29) is 5.91 Å². The SMILES string of the molecule is Cc1cc(Cl)ccc1OC(C)C(=O)Nn1cnnc1. The van der Waals surface area contributed by atoms with Gasteiger partial charge in [-0.1, -0.05) is 11.6 Å². The molecule has 1 heterocycles. The number of halogens is 1. The lowest BCUT2D eigenvalue weighted by Gasteiger charge is -2.16. The van der Waals surface area contributed by atoms with Crippen LogP contribution in [0.25, 0.3) is 0 Å². The number of hydrogen-bond acceptors (Lipinski definition) is 4. The van der Waals surface area contributed by atoms with Crippen LogP contribution in [0.2, 0.25) is 5.02 Å². The van der Waals surface area contributed by atoms with Crippen LogP contribution in [0.3, 0.4) is 0 Å². The van der Waals surface area contributed by atoms with Gasteiger partial charge >= 0.3 is 0 Å². The number of nitrogens with one attached hydrogen (secondary N) is 1. The quantitative estimate of drug-likeness (QED) is 0.927. The van der Waals surface area contributed by atoms with Crippen LogP contribution >= 0.6 is 11.6 Å². The van der Waals surface area contributed by atoms with Crippen molar-refractivity contribution in [3.05, 3.63) is 41.4 Å². The monoisotopic (exact) mass is 280 g/mol. The fourth-order valence-electron chi connectivity index (χ4n) is 1.47. The highest BCUT2D eigenvalue weighted by molar-refractivity contribution is 6.30. The maximum Gasteiger partial charge on any atom is 0.279 e. The number of aromatic nitrogens is 3. The van der Waals surface area contributed by atoms with Gasteiger partial charge in [0.25, 0.3) is 5.91 Å². The number of amides is 1. The van der Waals surface area contributed by atoms with E-state index in [9.17, 15) is 4.79 Å². The number of rotatable bonds is 4. The van der Waals surface area contributed by atoms with Crippen molar-refractivity contribution in [2.75, 3.05) is 5.43 Å². The molecule has 0 aliphatic rings. The lowest BCUT2D eigenvalue weighted by Crippen LogP contribution is -2.34. The summed E-state index contributed by atoms with van der Waals surface area (Å²) in [7, 11) is 0. The van der Waals surface area contributed by atoms with Gasteiger partial charge in [0.2, 0.25) is 0 Å². The van der Waals surface area contributed by atoms with Crippen molar-refractivity contribution in [3.63, 3.8) is 0 Å².